The zero-order chi connectivity index (χ0) is 12.5. The lowest BCUT2D eigenvalue weighted by atomic mass is 10.0. The summed E-state index contributed by atoms with van der Waals surface area (Å²) in [7, 11) is 1.94. The van der Waals surface area contributed by atoms with Crippen LogP contribution in [-0.4, -0.2) is 9.67 Å². The van der Waals surface area contributed by atoms with Gasteiger partial charge in [0.2, 0.25) is 0 Å². The highest BCUT2D eigenvalue weighted by Gasteiger charge is 2.13. The van der Waals surface area contributed by atoms with E-state index < -0.39 is 6.10 Å². The molecular weight excluding hydrogens is 222 g/mol. The maximum Gasteiger partial charge on any atom is 0.119 e. The Morgan fingerprint density at radius 1 is 0.944 bits per heavy atom. The van der Waals surface area contributed by atoms with Crippen molar-refractivity contribution < 1.29 is 5.11 Å². The van der Waals surface area contributed by atoms with E-state index in [0.717, 1.165) is 16.6 Å². The van der Waals surface area contributed by atoms with Gasteiger partial charge in [-0.15, -0.1) is 0 Å². The monoisotopic (exact) mass is 237 g/mol. The van der Waals surface area contributed by atoms with Crippen LogP contribution in [0, 0.1) is 0 Å². The Morgan fingerprint density at radius 3 is 2.44 bits per heavy atom. The van der Waals surface area contributed by atoms with Crippen LogP contribution in [0.5, 0.6) is 0 Å². The molecule has 2 heteroatoms. The summed E-state index contributed by atoms with van der Waals surface area (Å²) in [6.45, 7) is 0. The fourth-order valence-corrected chi connectivity index (χ4v) is 2.31. The summed E-state index contributed by atoms with van der Waals surface area (Å²) in [5.74, 6) is 0. The van der Waals surface area contributed by atoms with Crippen molar-refractivity contribution in [3.63, 3.8) is 0 Å². The second-order valence-electron chi connectivity index (χ2n) is 4.55. The molecule has 0 aliphatic rings. The van der Waals surface area contributed by atoms with Crippen LogP contribution in [0.3, 0.4) is 0 Å². The Bertz CT molecular complexity index is 684. The molecule has 0 bridgehead atoms. The van der Waals surface area contributed by atoms with Crippen molar-refractivity contribution in [2.45, 2.75) is 6.10 Å². The molecule has 0 saturated carbocycles. The Hall–Kier alpha value is -2.06. The Labute approximate surface area is 106 Å². The van der Waals surface area contributed by atoms with E-state index in [0.29, 0.717) is 0 Å². The smallest absolute Gasteiger partial charge is 0.119 e. The quantitative estimate of drug-likeness (QED) is 0.727. The van der Waals surface area contributed by atoms with Gasteiger partial charge in [-0.2, -0.15) is 0 Å². The molecule has 90 valence electrons. The summed E-state index contributed by atoms with van der Waals surface area (Å²) in [5.41, 5.74) is 1.83. The van der Waals surface area contributed by atoms with Crippen LogP contribution < -0.4 is 0 Å². The van der Waals surface area contributed by atoms with E-state index in [4.69, 9.17) is 0 Å². The number of aryl methyl sites for hydroxylation is 1. The molecular formula is C16H15NO. The third kappa shape index (κ3) is 1.81. The lowest BCUT2D eigenvalue weighted by molar-refractivity contribution is 0.211. The van der Waals surface area contributed by atoms with Crippen molar-refractivity contribution in [2.24, 2.45) is 7.05 Å². The summed E-state index contributed by atoms with van der Waals surface area (Å²) < 4.78 is 1.94. The van der Waals surface area contributed by atoms with Gasteiger partial charge in [-0.25, -0.2) is 0 Å². The standard InChI is InChI=1S/C16H15NO/c1-17-10-4-7-15(17)16(18)14-9-8-12-5-2-3-6-13(12)11-14/h2-11,16,18H,1H3/t16-/m0/s1. The summed E-state index contributed by atoms with van der Waals surface area (Å²) in [6, 6.07) is 18.2. The van der Waals surface area contributed by atoms with E-state index in [9.17, 15) is 5.11 Å². The highest BCUT2D eigenvalue weighted by atomic mass is 16.3. The Balaban J connectivity index is 2.07. The summed E-state index contributed by atoms with van der Waals surface area (Å²) in [5, 5.41) is 12.8. The second-order valence-corrected chi connectivity index (χ2v) is 4.55. The van der Waals surface area contributed by atoms with Crippen LogP contribution >= 0.6 is 0 Å². The highest BCUT2D eigenvalue weighted by molar-refractivity contribution is 5.83. The molecule has 0 amide bonds. The average molecular weight is 237 g/mol. The molecule has 2 aromatic carbocycles. The molecule has 18 heavy (non-hydrogen) atoms. The van der Waals surface area contributed by atoms with Gasteiger partial charge in [0.1, 0.15) is 6.10 Å². The van der Waals surface area contributed by atoms with Gasteiger partial charge < -0.3 is 9.67 Å². The summed E-state index contributed by atoms with van der Waals surface area (Å²) >= 11 is 0. The van der Waals surface area contributed by atoms with Gasteiger partial charge in [-0.05, 0) is 34.5 Å². The third-order valence-electron chi connectivity index (χ3n) is 3.35. The van der Waals surface area contributed by atoms with E-state index in [1.807, 2.05) is 54.2 Å². The normalized spacial score (nSPS) is 12.8. The number of fused-ring (bicyclic) bond motifs is 1. The molecule has 0 radical (unpaired) electrons. The fourth-order valence-electron chi connectivity index (χ4n) is 2.31. The lowest BCUT2D eigenvalue weighted by Gasteiger charge is -2.13. The Morgan fingerprint density at radius 2 is 1.72 bits per heavy atom. The molecule has 0 spiro atoms. The van der Waals surface area contributed by atoms with E-state index in [2.05, 4.69) is 18.2 Å². The minimum Gasteiger partial charge on any atom is -0.382 e. The van der Waals surface area contributed by atoms with Crippen LogP contribution in [0.2, 0.25) is 0 Å². The first-order chi connectivity index (χ1) is 8.75. The molecule has 0 aliphatic carbocycles. The van der Waals surface area contributed by atoms with E-state index in [1.54, 1.807) is 0 Å². The highest BCUT2D eigenvalue weighted by Crippen LogP contribution is 2.25. The molecule has 3 rings (SSSR count). The van der Waals surface area contributed by atoms with E-state index in [-0.39, 0.29) is 0 Å². The van der Waals surface area contributed by atoms with Crippen LogP contribution in [0.1, 0.15) is 17.4 Å². The summed E-state index contributed by atoms with van der Waals surface area (Å²) in [6.07, 6.45) is 1.37. The SMILES string of the molecule is Cn1cccc1[C@@H](O)c1ccc2ccccc2c1. The maximum absolute atomic E-state index is 10.4. The molecule has 1 N–H and O–H groups in total. The number of aromatic nitrogens is 1. The minimum atomic E-state index is -0.574. The number of aliphatic hydroxyl groups excluding tert-OH is 1. The van der Waals surface area contributed by atoms with Crippen LogP contribution in [0.25, 0.3) is 10.8 Å². The van der Waals surface area contributed by atoms with Crippen molar-refractivity contribution in [1.82, 2.24) is 4.57 Å². The molecule has 0 fully saturated rings. The zero-order valence-corrected chi connectivity index (χ0v) is 10.2. The predicted molar refractivity (Wildman–Crippen MR) is 73.4 cm³/mol. The molecule has 2 nitrogen and oxygen atoms in total. The van der Waals surface area contributed by atoms with Gasteiger partial charge in [0.25, 0.3) is 0 Å². The number of aliphatic hydroxyl groups is 1. The number of nitrogens with zero attached hydrogens (tertiary/aromatic N) is 1. The first-order valence-electron chi connectivity index (χ1n) is 6.04. The van der Waals surface area contributed by atoms with E-state index in [1.165, 1.54) is 5.39 Å². The van der Waals surface area contributed by atoms with Crippen molar-refractivity contribution in [3.05, 3.63) is 72.1 Å². The van der Waals surface area contributed by atoms with Gasteiger partial charge in [0.05, 0.1) is 5.69 Å². The fraction of sp³-hybridized carbons (Fsp3) is 0.125. The molecule has 0 saturated heterocycles. The number of hydrogen-bond donors (Lipinski definition) is 1. The van der Waals surface area contributed by atoms with Crippen LogP contribution in [0.4, 0.5) is 0 Å². The van der Waals surface area contributed by atoms with Crippen molar-refractivity contribution in [2.75, 3.05) is 0 Å². The van der Waals surface area contributed by atoms with E-state index >= 15 is 0 Å². The average Bonchev–Trinajstić information content (AvgIpc) is 2.83. The zero-order valence-electron chi connectivity index (χ0n) is 10.2. The van der Waals surface area contributed by atoms with Crippen molar-refractivity contribution in [1.29, 1.82) is 0 Å². The largest absolute Gasteiger partial charge is 0.382 e. The molecule has 1 atom stereocenters. The first-order valence-corrected chi connectivity index (χ1v) is 6.04. The van der Waals surface area contributed by atoms with Crippen LogP contribution in [-0.2, 0) is 7.05 Å². The third-order valence-corrected chi connectivity index (χ3v) is 3.35. The molecule has 3 aromatic rings. The second kappa shape index (κ2) is 4.31. The lowest BCUT2D eigenvalue weighted by Crippen LogP contribution is -2.04. The van der Waals surface area contributed by atoms with Gasteiger partial charge in [0.15, 0.2) is 0 Å². The van der Waals surface area contributed by atoms with Crippen LogP contribution in [0.15, 0.2) is 60.8 Å². The first kappa shape index (κ1) is 11.1. The number of benzene rings is 2. The number of hydrogen-bond acceptors (Lipinski definition) is 1. The predicted octanol–water partition coefficient (Wildman–Crippen LogP) is 3.26. The van der Waals surface area contributed by atoms with Crippen molar-refractivity contribution in [3.8, 4) is 0 Å². The van der Waals surface area contributed by atoms with Crippen molar-refractivity contribution >= 4 is 10.8 Å². The van der Waals surface area contributed by atoms with Gasteiger partial charge >= 0.3 is 0 Å². The minimum absolute atomic E-state index is 0.574. The topological polar surface area (TPSA) is 25.2 Å². The summed E-state index contributed by atoms with van der Waals surface area (Å²) in [4.78, 5) is 0. The van der Waals surface area contributed by atoms with Gasteiger partial charge in [-0.1, -0.05) is 36.4 Å². The Kier molecular flexibility index (Phi) is 2.65. The molecule has 1 aromatic heterocycles. The van der Waals surface area contributed by atoms with Gasteiger partial charge in [-0.3, -0.25) is 0 Å². The molecule has 0 unspecified atom stereocenters. The molecule has 0 aliphatic heterocycles. The number of rotatable bonds is 2. The molecule has 1 heterocycles. The van der Waals surface area contributed by atoms with Gasteiger partial charge in [0, 0.05) is 13.2 Å². The maximum atomic E-state index is 10.4.